The Kier molecular flexibility index (Phi) is 4.41. The van der Waals surface area contributed by atoms with Gasteiger partial charge >= 0.3 is 0 Å². The highest BCUT2D eigenvalue weighted by molar-refractivity contribution is 6.42. The molecule has 2 nitrogen and oxygen atoms in total. The lowest BCUT2D eigenvalue weighted by atomic mass is 9.98. The van der Waals surface area contributed by atoms with E-state index >= 15 is 0 Å². The Hall–Kier alpha value is -0.440. The lowest BCUT2D eigenvalue weighted by Crippen LogP contribution is -2.48. The van der Waals surface area contributed by atoms with Gasteiger partial charge in [-0.25, -0.2) is 0 Å². The van der Waals surface area contributed by atoms with E-state index in [0.717, 1.165) is 38.2 Å². The first-order chi connectivity index (χ1) is 8.54. The summed E-state index contributed by atoms with van der Waals surface area (Å²) in [6.07, 6.45) is 2.26. The topological polar surface area (TPSA) is 15.3 Å². The van der Waals surface area contributed by atoms with Gasteiger partial charge in [0.05, 0.1) is 10.0 Å². The van der Waals surface area contributed by atoms with Crippen molar-refractivity contribution < 1.29 is 0 Å². The highest BCUT2D eigenvalue weighted by Crippen LogP contribution is 2.29. The summed E-state index contributed by atoms with van der Waals surface area (Å²) in [4.78, 5) is 2.39. The van der Waals surface area contributed by atoms with Crippen LogP contribution in [-0.4, -0.2) is 25.2 Å². The lowest BCUT2D eigenvalue weighted by Gasteiger charge is -2.34. The molecule has 1 aliphatic rings. The molecule has 1 heterocycles. The molecule has 1 N–H and O–H groups in total. The van der Waals surface area contributed by atoms with E-state index in [9.17, 15) is 0 Å². The van der Waals surface area contributed by atoms with Gasteiger partial charge in [-0.1, -0.05) is 30.1 Å². The van der Waals surface area contributed by atoms with Crippen LogP contribution in [0, 0.1) is 0 Å². The van der Waals surface area contributed by atoms with Gasteiger partial charge in [-0.15, -0.1) is 0 Å². The second-order valence-electron chi connectivity index (χ2n) is 5.21. The van der Waals surface area contributed by atoms with Crippen LogP contribution in [0.4, 0.5) is 5.69 Å². The van der Waals surface area contributed by atoms with E-state index in [4.69, 9.17) is 23.2 Å². The van der Waals surface area contributed by atoms with Crippen LogP contribution in [0.1, 0.15) is 26.7 Å². The van der Waals surface area contributed by atoms with Gasteiger partial charge in [0.2, 0.25) is 0 Å². The molecule has 0 saturated carbocycles. The van der Waals surface area contributed by atoms with E-state index in [-0.39, 0.29) is 5.54 Å². The Morgan fingerprint density at radius 3 is 2.78 bits per heavy atom. The molecule has 1 aromatic carbocycles. The number of nitrogens with one attached hydrogen (secondary N) is 1. The van der Waals surface area contributed by atoms with Crippen molar-refractivity contribution in [2.45, 2.75) is 32.2 Å². The second kappa shape index (κ2) is 5.68. The summed E-state index contributed by atoms with van der Waals surface area (Å²) in [6, 6.07) is 5.89. The van der Waals surface area contributed by atoms with Crippen LogP contribution in [-0.2, 0) is 0 Å². The van der Waals surface area contributed by atoms with Crippen LogP contribution in [0.3, 0.4) is 0 Å². The van der Waals surface area contributed by atoms with Gasteiger partial charge in [-0.3, -0.25) is 0 Å². The Balaban J connectivity index is 2.22. The molecule has 4 heteroatoms. The molecule has 1 fully saturated rings. The average molecular weight is 287 g/mol. The number of benzene rings is 1. The first-order valence-corrected chi connectivity index (χ1v) is 7.25. The normalized spacial score (nSPS) is 25.0. The largest absolute Gasteiger partial charge is 0.370 e. The molecule has 18 heavy (non-hydrogen) atoms. The van der Waals surface area contributed by atoms with Gasteiger partial charge in [-0.2, -0.15) is 0 Å². The molecular weight excluding hydrogens is 267 g/mol. The van der Waals surface area contributed by atoms with Crippen molar-refractivity contribution in [3.8, 4) is 0 Å². The average Bonchev–Trinajstić information content (AvgIpc) is 2.56. The molecule has 0 aromatic heterocycles. The van der Waals surface area contributed by atoms with E-state index in [1.165, 1.54) is 0 Å². The first kappa shape index (κ1) is 14.0. The van der Waals surface area contributed by atoms with Gasteiger partial charge in [0.1, 0.15) is 0 Å². The van der Waals surface area contributed by atoms with Crippen LogP contribution >= 0.6 is 23.2 Å². The standard InChI is InChI=1S/C14H20Cl2N2/c1-3-14(2)10-18(8-4-7-17-14)11-5-6-12(15)13(16)9-11/h5-6,9,17H,3-4,7-8,10H2,1-2H3. The predicted molar refractivity (Wildman–Crippen MR) is 80.0 cm³/mol. The van der Waals surface area contributed by atoms with Crippen molar-refractivity contribution in [3.63, 3.8) is 0 Å². The highest BCUT2D eigenvalue weighted by atomic mass is 35.5. The van der Waals surface area contributed by atoms with Gasteiger partial charge in [-0.05, 0) is 44.5 Å². The SMILES string of the molecule is CCC1(C)CN(c2ccc(Cl)c(Cl)c2)CCCN1. The van der Waals surface area contributed by atoms with Crippen LogP contribution in [0.25, 0.3) is 0 Å². The molecule has 1 aliphatic heterocycles. The van der Waals surface area contributed by atoms with Crippen LogP contribution < -0.4 is 10.2 Å². The minimum Gasteiger partial charge on any atom is -0.370 e. The van der Waals surface area contributed by atoms with E-state index in [1.807, 2.05) is 12.1 Å². The molecular formula is C14H20Cl2N2. The van der Waals surface area contributed by atoms with Gasteiger partial charge < -0.3 is 10.2 Å². The first-order valence-electron chi connectivity index (χ1n) is 6.49. The summed E-state index contributed by atoms with van der Waals surface area (Å²) in [6.45, 7) is 7.64. The van der Waals surface area contributed by atoms with Crippen molar-refractivity contribution in [3.05, 3.63) is 28.2 Å². The third kappa shape index (κ3) is 3.11. The Morgan fingerprint density at radius 1 is 1.33 bits per heavy atom. The van der Waals surface area contributed by atoms with Crippen LogP contribution in [0.5, 0.6) is 0 Å². The van der Waals surface area contributed by atoms with Crippen LogP contribution in [0.15, 0.2) is 18.2 Å². The van der Waals surface area contributed by atoms with E-state index in [1.54, 1.807) is 0 Å². The van der Waals surface area contributed by atoms with Crippen molar-refractivity contribution >= 4 is 28.9 Å². The molecule has 2 rings (SSSR count). The van der Waals surface area contributed by atoms with Crippen LogP contribution in [0.2, 0.25) is 10.0 Å². The summed E-state index contributed by atoms with van der Waals surface area (Å²) in [7, 11) is 0. The third-order valence-corrected chi connectivity index (χ3v) is 4.48. The highest BCUT2D eigenvalue weighted by Gasteiger charge is 2.27. The van der Waals surface area contributed by atoms with E-state index in [2.05, 4.69) is 30.1 Å². The molecule has 0 aliphatic carbocycles. The Labute approximate surface area is 119 Å². The number of hydrogen-bond donors (Lipinski definition) is 1. The summed E-state index contributed by atoms with van der Waals surface area (Å²) in [5.74, 6) is 0. The number of rotatable bonds is 2. The minimum atomic E-state index is 0.169. The molecule has 1 aromatic rings. The lowest BCUT2D eigenvalue weighted by molar-refractivity contribution is 0.366. The van der Waals surface area contributed by atoms with Gasteiger partial charge in [0.15, 0.2) is 0 Å². The molecule has 1 unspecified atom stereocenters. The van der Waals surface area contributed by atoms with E-state index < -0.39 is 0 Å². The second-order valence-corrected chi connectivity index (χ2v) is 6.03. The molecule has 100 valence electrons. The summed E-state index contributed by atoms with van der Waals surface area (Å²) in [5.41, 5.74) is 1.33. The molecule has 0 spiro atoms. The van der Waals surface area contributed by atoms with Crippen molar-refractivity contribution in [2.24, 2.45) is 0 Å². The number of nitrogens with zero attached hydrogens (tertiary/aromatic N) is 1. The Bertz CT molecular complexity index is 422. The minimum absolute atomic E-state index is 0.169. The quantitative estimate of drug-likeness (QED) is 0.885. The maximum atomic E-state index is 6.10. The number of anilines is 1. The maximum Gasteiger partial charge on any atom is 0.0612 e. The predicted octanol–water partition coefficient (Wildman–Crippen LogP) is 3.96. The van der Waals surface area contributed by atoms with Crippen molar-refractivity contribution in [2.75, 3.05) is 24.5 Å². The molecule has 0 amide bonds. The van der Waals surface area contributed by atoms with Crippen molar-refractivity contribution in [1.29, 1.82) is 0 Å². The third-order valence-electron chi connectivity index (χ3n) is 3.75. The monoisotopic (exact) mass is 286 g/mol. The van der Waals surface area contributed by atoms with E-state index in [0.29, 0.717) is 10.0 Å². The van der Waals surface area contributed by atoms with Crippen molar-refractivity contribution in [1.82, 2.24) is 5.32 Å². The molecule has 1 atom stereocenters. The zero-order valence-electron chi connectivity index (χ0n) is 11.0. The number of halogens is 2. The number of hydrogen-bond acceptors (Lipinski definition) is 2. The molecule has 0 bridgehead atoms. The smallest absolute Gasteiger partial charge is 0.0612 e. The zero-order valence-corrected chi connectivity index (χ0v) is 12.5. The molecule has 1 saturated heterocycles. The summed E-state index contributed by atoms with van der Waals surface area (Å²) >= 11 is 12.1. The van der Waals surface area contributed by atoms with Gasteiger partial charge in [0, 0.05) is 24.3 Å². The summed E-state index contributed by atoms with van der Waals surface area (Å²) < 4.78 is 0. The zero-order chi connectivity index (χ0) is 13.2. The fourth-order valence-electron chi connectivity index (χ4n) is 2.36. The molecule has 0 radical (unpaired) electrons. The Morgan fingerprint density at radius 2 is 2.11 bits per heavy atom. The fraction of sp³-hybridized carbons (Fsp3) is 0.571. The van der Waals surface area contributed by atoms with Gasteiger partial charge in [0.25, 0.3) is 0 Å². The summed E-state index contributed by atoms with van der Waals surface area (Å²) in [5, 5.41) is 4.88. The fourth-order valence-corrected chi connectivity index (χ4v) is 2.65. The maximum absolute atomic E-state index is 6.10.